The van der Waals surface area contributed by atoms with Crippen LogP contribution >= 0.6 is 0 Å². The molecule has 1 saturated carbocycles. The van der Waals surface area contributed by atoms with Gasteiger partial charge in [-0.3, -0.25) is 19.6 Å². The van der Waals surface area contributed by atoms with E-state index in [4.69, 9.17) is 4.74 Å². The van der Waals surface area contributed by atoms with Crippen molar-refractivity contribution in [3.8, 4) is 5.75 Å². The number of hydrazine groups is 1. The third-order valence-corrected chi connectivity index (χ3v) is 7.28. The van der Waals surface area contributed by atoms with Crippen LogP contribution in [0.2, 0.25) is 0 Å². The van der Waals surface area contributed by atoms with E-state index in [0.29, 0.717) is 43.2 Å². The normalized spacial score (nSPS) is 16.5. The maximum Gasteiger partial charge on any atom is 0.263 e. The number of hydrogen-bond donors (Lipinski definition) is 1. The lowest BCUT2D eigenvalue weighted by Crippen LogP contribution is -2.54. The Kier molecular flexibility index (Phi) is 8.26. The number of likely N-dealkylation sites (N-methyl/N-ethyl adjacent to an activating group) is 1. The van der Waals surface area contributed by atoms with Gasteiger partial charge >= 0.3 is 0 Å². The number of rotatable bonds is 9. The molecule has 4 rings (SSSR count). The molecule has 1 aliphatic heterocycles. The van der Waals surface area contributed by atoms with Crippen molar-refractivity contribution in [3.05, 3.63) is 59.4 Å². The zero-order valence-electron chi connectivity index (χ0n) is 20.8. The molecule has 35 heavy (non-hydrogen) atoms. The van der Waals surface area contributed by atoms with Gasteiger partial charge in [-0.1, -0.05) is 38.2 Å². The molecule has 7 heteroatoms. The van der Waals surface area contributed by atoms with E-state index in [1.807, 2.05) is 11.9 Å². The summed E-state index contributed by atoms with van der Waals surface area (Å²) in [6, 6.07) is 11.0. The summed E-state index contributed by atoms with van der Waals surface area (Å²) in [5.41, 5.74) is 2.21. The minimum absolute atomic E-state index is 0.128. The Hall–Kier alpha value is -3.09. The lowest BCUT2D eigenvalue weighted by atomic mass is 9.85. The van der Waals surface area contributed by atoms with Crippen molar-refractivity contribution in [1.82, 2.24) is 10.3 Å². The molecule has 2 aliphatic rings. The van der Waals surface area contributed by atoms with E-state index in [0.717, 1.165) is 17.7 Å². The highest BCUT2D eigenvalue weighted by Crippen LogP contribution is 2.31. The van der Waals surface area contributed by atoms with E-state index in [9.17, 15) is 14.0 Å². The number of carbonyl (C=O) groups is 2. The van der Waals surface area contributed by atoms with Gasteiger partial charge < -0.3 is 10.1 Å². The van der Waals surface area contributed by atoms with E-state index >= 15 is 0 Å². The van der Waals surface area contributed by atoms with Crippen molar-refractivity contribution in [2.24, 2.45) is 5.92 Å². The van der Waals surface area contributed by atoms with Crippen molar-refractivity contribution in [3.63, 3.8) is 0 Å². The fraction of sp³-hybridized carbons (Fsp3) is 0.500. The lowest BCUT2D eigenvalue weighted by molar-refractivity contribution is -0.134. The molecular formula is C28H36FN3O3. The average Bonchev–Trinajstić information content (AvgIpc) is 3.30. The van der Waals surface area contributed by atoms with E-state index in [-0.39, 0.29) is 17.6 Å². The van der Waals surface area contributed by atoms with Gasteiger partial charge in [0, 0.05) is 18.7 Å². The minimum atomic E-state index is -0.639. The van der Waals surface area contributed by atoms with Gasteiger partial charge in [-0.2, -0.15) is 0 Å². The number of carbonyl (C=O) groups excluding carboxylic acids is 2. The molecule has 1 aliphatic carbocycles. The molecule has 0 radical (unpaired) electrons. The molecule has 2 aromatic rings. The number of anilines is 1. The second-order valence-corrected chi connectivity index (χ2v) is 9.54. The van der Waals surface area contributed by atoms with Gasteiger partial charge in [0.05, 0.1) is 12.8 Å². The van der Waals surface area contributed by atoms with Crippen molar-refractivity contribution >= 4 is 17.5 Å². The fourth-order valence-corrected chi connectivity index (χ4v) is 5.37. The van der Waals surface area contributed by atoms with E-state index in [2.05, 4.69) is 5.32 Å². The monoisotopic (exact) mass is 481 g/mol. The van der Waals surface area contributed by atoms with Gasteiger partial charge in [0.25, 0.3) is 11.8 Å². The topological polar surface area (TPSA) is 61.9 Å². The summed E-state index contributed by atoms with van der Waals surface area (Å²) >= 11 is 0. The standard InChI is InChI=1S/C28H36FN3O3/c1-3-31(32-17-16-21-18-23(29)13-15-26(21)32)28(34)25(14-12-20-8-5-4-6-9-20)30-27(33)22-10-7-11-24(19-22)35-2/h7,10-11,13,15,18-20,25H,3-6,8-9,12,14,16-17H2,1-2H3,(H,30,33). The van der Waals surface area contributed by atoms with Crippen molar-refractivity contribution in [2.45, 2.75) is 64.3 Å². The molecule has 1 fully saturated rings. The Morgan fingerprint density at radius 2 is 1.97 bits per heavy atom. The number of benzene rings is 2. The number of nitrogens with one attached hydrogen (secondary N) is 1. The van der Waals surface area contributed by atoms with E-state index in [1.54, 1.807) is 48.5 Å². The van der Waals surface area contributed by atoms with Gasteiger partial charge in [0.1, 0.15) is 17.6 Å². The molecule has 188 valence electrons. The Labute approximate surface area is 207 Å². The summed E-state index contributed by atoms with van der Waals surface area (Å²) in [7, 11) is 1.56. The van der Waals surface area contributed by atoms with Crippen LogP contribution in [0.1, 0.15) is 67.8 Å². The second kappa shape index (κ2) is 11.6. The number of hydrogen-bond acceptors (Lipinski definition) is 4. The molecular weight excluding hydrogens is 445 g/mol. The van der Waals surface area contributed by atoms with Gasteiger partial charge in [-0.05, 0) is 74.1 Å². The van der Waals surface area contributed by atoms with Crippen LogP contribution in [0.5, 0.6) is 5.75 Å². The fourth-order valence-electron chi connectivity index (χ4n) is 5.37. The van der Waals surface area contributed by atoms with E-state index in [1.165, 1.54) is 38.2 Å². The third-order valence-electron chi connectivity index (χ3n) is 7.28. The summed E-state index contributed by atoms with van der Waals surface area (Å²) in [4.78, 5) is 27.0. The van der Waals surface area contributed by atoms with Crippen molar-refractivity contribution < 1.29 is 18.7 Å². The summed E-state index contributed by atoms with van der Waals surface area (Å²) in [6.07, 6.45) is 8.32. The van der Waals surface area contributed by atoms with Gasteiger partial charge in [0.2, 0.25) is 0 Å². The highest BCUT2D eigenvalue weighted by Gasteiger charge is 2.33. The first kappa shape index (κ1) is 25.0. The van der Waals surface area contributed by atoms with Gasteiger partial charge in [-0.25, -0.2) is 4.39 Å². The van der Waals surface area contributed by atoms with Gasteiger partial charge in [0.15, 0.2) is 0 Å². The third kappa shape index (κ3) is 5.95. The SMILES string of the molecule is CCN(C(=O)C(CCC1CCCCC1)NC(=O)c1cccc(OC)c1)N1CCc2cc(F)ccc21. The molecule has 1 N–H and O–H groups in total. The Morgan fingerprint density at radius 1 is 1.17 bits per heavy atom. The second-order valence-electron chi connectivity index (χ2n) is 9.54. The quantitative estimate of drug-likeness (QED) is 0.540. The first-order chi connectivity index (χ1) is 17.0. The number of fused-ring (bicyclic) bond motifs is 1. The highest BCUT2D eigenvalue weighted by molar-refractivity contribution is 5.98. The molecule has 1 atom stereocenters. The average molecular weight is 482 g/mol. The number of methoxy groups -OCH3 is 1. The van der Waals surface area contributed by atoms with Crippen LogP contribution in [0.25, 0.3) is 0 Å². The number of halogens is 1. The number of ether oxygens (including phenoxy) is 1. The molecule has 6 nitrogen and oxygen atoms in total. The highest BCUT2D eigenvalue weighted by atomic mass is 19.1. The molecule has 2 amide bonds. The summed E-state index contributed by atoms with van der Waals surface area (Å²) in [5.74, 6) is 0.510. The maximum absolute atomic E-state index is 13.9. The first-order valence-corrected chi connectivity index (χ1v) is 12.8. The molecule has 0 aromatic heterocycles. The smallest absolute Gasteiger partial charge is 0.263 e. The van der Waals surface area contributed by atoms with Crippen LogP contribution in [-0.2, 0) is 11.2 Å². The summed E-state index contributed by atoms with van der Waals surface area (Å²) < 4.78 is 19.0. The summed E-state index contributed by atoms with van der Waals surface area (Å²) in [6.45, 7) is 3.00. The zero-order valence-corrected chi connectivity index (χ0v) is 20.8. The van der Waals surface area contributed by atoms with Crippen LogP contribution in [0.15, 0.2) is 42.5 Å². The molecule has 0 spiro atoms. The Morgan fingerprint density at radius 3 is 2.71 bits per heavy atom. The number of nitrogens with zero attached hydrogens (tertiary/aromatic N) is 2. The molecule has 0 saturated heterocycles. The number of amides is 2. The van der Waals surface area contributed by atoms with Crippen molar-refractivity contribution in [2.75, 3.05) is 25.2 Å². The largest absolute Gasteiger partial charge is 0.497 e. The van der Waals surface area contributed by atoms with Crippen LogP contribution in [0.4, 0.5) is 10.1 Å². The molecule has 1 heterocycles. The molecule has 2 aromatic carbocycles. The molecule has 1 unspecified atom stereocenters. The van der Waals surface area contributed by atoms with Crippen LogP contribution in [-0.4, -0.2) is 43.1 Å². The van der Waals surface area contributed by atoms with Crippen LogP contribution in [0.3, 0.4) is 0 Å². The summed E-state index contributed by atoms with van der Waals surface area (Å²) in [5, 5.41) is 6.67. The predicted molar refractivity (Wildman–Crippen MR) is 135 cm³/mol. The van der Waals surface area contributed by atoms with Gasteiger partial charge in [-0.15, -0.1) is 0 Å². The Bertz CT molecular complexity index is 1040. The van der Waals surface area contributed by atoms with Crippen LogP contribution < -0.4 is 15.1 Å². The van der Waals surface area contributed by atoms with E-state index < -0.39 is 6.04 Å². The predicted octanol–water partition coefficient (Wildman–Crippen LogP) is 5.12. The van der Waals surface area contributed by atoms with Crippen LogP contribution in [0, 0.1) is 11.7 Å². The first-order valence-electron chi connectivity index (χ1n) is 12.8. The lowest BCUT2D eigenvalue weighted by Gasteiger charge is -2.36. The zero-order chi connectivity index (χ0) is 24.8. The Balaban J connectivity index is 1.53. The minimum Gasteiger partial charge on any atom is -0.497 e. The van der Waals surface area contributed by atoms with Crippen molar-refractivity contribution in [1.29, 1.82) is 0 Å². The maximum atomic E-state index is 13.9. The molecule has 0 bridgehead atoms.